The fourth-order valence-electron chi connectivity index (χ4n) is 2.73. The van der Waals surface area contributed by atoms with Crippen LogP contribution in [-0.4, -0.2) is 26.7 Å². The van der Waals surface area contributed by atoms with Gasteiger partial charge in [0, 0.05) is 6.26 Å². The van der Waals surface area contributed by atoms with Gasteiger partial charge in [0.25, 0.3) is 5.91 Å². The second-order valence-electron chi connectivity index (χ2n) is 7.02. The van der Waals surface area contributed by atoms with E-state index in [0.29, 0.717) is 11.7 Å². The first-order chi connectivity index (χ1) is 12.6. The van der Waals surface area contributed by atoms with Gasteiger partial charge in [0.2, 0.25) is 0 Å². The number of para-hydroxylation sites is 1. The predicted molar refractivity (Wildman–Crippen MR) is 107 cm³/mol. The van der Waals surface area contributed by atoms with E-state index in [1.165, 1.54) is 6.26 Å². The van der Waals surface area contributed by atoms with Gasteiger partial charge in [-0.3, -0.25) is 4.79 Å². The standard InChI is InChI=1S/C21H27NO4S/c1-14(2)19-8-6-7-9-20(19)26-16(4)21(23)22-15(3)17-10-12-18(13-11-17)27(5,24)25/h6-16H,1-5H3,(H,22,23). The fourth-order valence-corrected chi connectivity index (χ4v) is 3.36. The molecular formula is C21H27NO4S. The van der Waals surface area contributed by atoms with Gasteiger partial charge in [0.05, 0.1) is 10.9 Å². The molecule has 1 N–H and O–H groups in total. The van der Waals surface area contributed by atoms with Crippen LogP contribution in [0.15, 0.2) is 53.4 Å². The van der Waals surface area contributed by atoms with Crippen molar-refractivity contribution < 1.29 is 17.9 Å². The SMILES string of the molecule is CC(Oc1ccccc1C(C)C)C(=O)NC(C)c1ccc(S(C)(=O)=O)cc1. The average Bonchev–Trinajstić information content (AvgIpc) is 2.61. The topological polar surface area (TPSA) is 72.5 Å². The number of benzene rings is 2. The second kappa shape index (κ2) is 8.57. The Hall–Kier alpha value is -2.34. The Morgan fingerprint density at radius 1 is 0.963 bits per heavy atom. The summed E-state index contributed by atoms with van der Waals surface area (Å²) >= 11 is 0. The molecule has 2 aromatic rings. The van der Waals surface area contributed by atoms with Crippen molar-refractivity contribution in [2.75, 3.05) is 6.26 Å². The van der Waals surface area contributed by atoms with Crippen molar-refractivity contribution in [3.8, 4) is 5.75 Å². The van der Waals surface area contributed by atoms with Crippen LogP contribution in [-0.2, 0) is 14.6 Å². The maximum absolute atomic E-state index is 12.5. The molecule has 0 aromatic heterocycles. The highest BCUT2D eigenvalue weighted by Gasteiger charge is 2.19. The number of carbonyl (C=O) groups excluding carboxylic acids is 1. The fraction of sp³-hybridized carbons (Fsp3) is 0.381. The van der Waals surface area contributed by atoms with E-state index < -0.39 is 15.9 Å². The molecule has 0 saturated heterocycles. The highest BCUT2D eigenvalue weighted by atomic mass is 32.2. The van der Waals surface area contributed by atoms with E-state index in [-0.39, 0.29) is 16.8 Å². The third kappa shape index (κ3) is 5.57. The quantitative estimate of drug-likeness (QED) is 0.780. The molecule has 0 bridgehead atoms. The Labute approximate surface area is 161 Å². The molecule has 0 aliphatic heterocycles. The molecule has 2 atom stereocenters. The van der Waals surface area contributed by atoms with Crippen LogP contribution >= 0.6 is 0 Å². The molecule has 146 valence electrons. The van der Waals surface area contributed by atoms with Crippen LogP contribution in [0.25, 0.3) is 0 Å². The first-order valence-corrected chi connectivity index (χ1v) is 10.8. The maximum atomic E-state index is 12.5. The van der Waals surface area contributed by atoms with E-state index in [9.17, 15) is 13.2 Å². The maximum Gasteiger partial charge on any atom is 0.261 e. The van der Waals surface area contributed by atoms with Crippen LogP contribution in [0, 0.1) is 0 Å². The van der Waals surface area contributed by atoms with Crippen LogP contribution in [0.3, 0.4) is 0 Å². The van der Waals surface area contributed by atoms with Gasteiger partial charge in [0.1, 0.15) is 5.75 Å². The van der Waals surface area contributed by atoms with Crippen molar-refractivity contribution in [1.29, 1.82) is 0 Å². The summed E-state index contributed by atoms with van der Waals surface area (Å²) < 4.78 is 29.0. The molecule has 27 heavy (non-hydrogen) atoms. The van der Waals surface area contributed by atoms with E-state index >= 15 is 0 Å². The van der Waals surface area contributed by atoms with Gasteiger partial charge in [-0.25, -0.2) is 8.42 Å². The highest BCUT2D eigenvalue weighted by molar-refractivity contribution is 7.90. The van der Waals surface area contributed by atoms with Crippen LogP contribution in [0.5, 0.6) is 5.75 Å². The first-order valence-electron chi connectivity index (χ1n) is 8.95. The van der Waals surface area contributed by atoms with Gasteiger partial charge in [-0.2, -0.15) is 0 Å². The van der Waals surface area contributed by atoms with E-state index in [2.05, 4.69) is 19.2 Å². The lowest BCUT2D eigenvalue weighted by atomic mass is 10.0. The van der Waals surface area contributed by atoms with Crippen LogP contribution in [0.4, 0.5) is 0 Å². The largest absolute Gasteiger partial charge is 0.481 e. The first kappa shape index (κ1) is 21.0. The Morgan fingerprint density at radius 2 is 1.56 bits per heavy atom. The Balaban J connectivity index is 2.04. The van der Waals surface area contributed by atoms with Crippen molar-refractivity contribution in [3.63, 3.8) is 0 Å². The zero-order valence-corrected chi connectivity index (χ0v) is 17.2. The number of hydrogen-bond donors (Lipinski definition) is 1. The molecule has 0 saturated carbocycles. The third-order valence-corrected chi connectivity index (χ3v) is 5.51. The lowest BCUT2D eigenvalue weighted by Gasteiger charge is -2.21. The second-order valence-corrected chi connectivity index (χ2v) is 9.04. The summed E-state index contributed by atoms with van der Waals surface area (Å²) in [4.78, 5) is 12.8. The molecule has 2 unspecified atom stereocenters. The third-order valence-electron chi connectivity index (χ3n) is 4.38. The summed E-state index contributed by atoms with van der Waals surface area (Å²) in [6.07, 6.45) is 0.518. The van der Waals surface area contributed by atoms with E-state index in [0.717, 1.165) is 11.1 Å². The minimum absolute atomic E-state index is 0.228. The Morgan fingerprint density at radius 3 is 2.11 bits per heavy atom. The van der Waals surface area contributed by atoms with Crippen molar-refractivity contribution in [2.45, 2.75) is 50.7 Å². The number of rotatable bonds is 7. The molecule has 0 aliphatic carbocycles. The van der Waals surface area contributed by atoms with Crippen molar-refractivity contribution in [1.82, 2.24) is 5.32 Å². The molecule has 2 aromatic carbocycles. The van der Waals surface area contributed by atoms with Crippen LogP contribution in [0.2, 0.25) is 0 Å². The van der Waals surface area contributed by atoms with Crippen molar-refractivity contribution in [2.24, 2.45) is 0 Å². The van der Waals surface area contributed by atoms with Crippen molar-refractivity contribution >= 4 is 15.7 Å². The van der Waals surface area contributed by atoms with E-state index in [1.807, 2.05) is 31.2 Å². The molecular weight excluding hydrogens is 362 g/mol. The minimum atomic E-state index is -3.23. The molecule has 0 aliphatic rings. The summed E-state index contributed by atoms with van der Waals surface area (Å²) in [5, 5.41) is 2.91. The van der Waals surface area contributed by atoms with Gasteiger partial charge in [0.15, 0.2) is 15.9 Å². The van der Waals surface area contributed by atoms with Gasteiger partial charge >= 0.3 is 0 Å². The Kier molecular flexibility index (Phi) is 6.65. The normalized spacial score (nSPS) is 13.9. The smallest absolute Gasteiger partial charge is 0.261 e. The number of sulfone groups is 1. The molecule has 2 rings (SSSR count). The summed E-state index contributed by atoms with van der Waals surface area (Å²) in [5.41, 5.74) is 1.88. The number of hydrogen-bond acceptors (Lipinski definition) is 4. The molecule has 6 heteroatoms. The molecule has 0 spiro atoms. The number of carbonyl (C=O) groups is 1. The molecule has 0 radical (unpaired) electrons. The summed E-state index contributed by atoms with van der Waals surface area (Å²) in [6, 6.07) is 14.0. The van der Waals surface area contributed by atoms with E-state index in [4.69, 9.17) is 4.74 Å². The number of amides is 1. The lowest BCUT2D eigenvalue weighted by molar-refractivity contribution is -0.127. The van der Waals surface area contributed by atoms with Gasteiger partial charge in [-0.15, -0.1) is 0 Å². The lowest BCUT2D eigenvalue weighted by Crippen LogP contribution is -2.37. The van der Waals surface area contributed by atoms with Gasteiger partial charge in [-0.1, -0.05) is 44.2 Å². The van der Waals surface area contributed by atoms with Gasteiger partial charge < -0.3 is 10.1 Å². The highest BCUT2D eigenvalue weighted by Crippen LogP contribution is 2.27. The zero-order chi connectivity index (χ0) is 20.2. The predicted octanol–water partition coefficient (Wildman–Crippen LogP) is 3.86. The minimum Gasteiger partial charge on any atom is -0.481 e. The van der Waals surface area contributed by atoms with Crippen molar-refractivity contribution in [3.05, 3.63) is 59.7 Å². The van der Waals surface area contributed by atoms with E-state index in [1.54, 1.807) is 31.2 Å². The summed E-state index contributed by atoms with van der Waals surface area (Å²) in [6.45, 7) is 7.72. The van der Waals surface area contributed by atoms with Crippen LogP contribution < -0.4 is 10.1 Å². The number of ether oxygens (including phenoxy) is 1. The monoisotopic (exact) mass is 389 g/mol. The molecule has 0 fully saturated rings. The Bertz CT molecular complexity index is 889. The zero-order valence-electron chi connectivity index (χ0n) is 16.4. The number of nitrogens with one attached hydrogen (secondary N) is 1. The molecule has 1 amide bonds. The van der Waals surface area contributed by atoms with Gasteiger partial charge in [-0.05, 0) is 49.1 Å². The van der Waals surface area contributed by atoms with Crippen LogP contribution in [0.1, 0.15) is 50.8 Å². The molecule has 5 nitrogen and oxygen atoms in total. The summed E-state index contributed by atoms with van der Waals surface area (Å²) in [5.74, 6) is 0.775. The average molecular weight is 390 g/mol. The summed E-state index contributed by atoms with van der Waals surface area (Å²) in [7, 11) is -3.23. The molecule has 0 heterocycles.